The normalized spacial score (nSPS) is 17.7. The molecular formula is C28H37F6N5O5. The van der Waals surface area contributed by atoms with E-state index in [9.17, 15) is 31.1 Å². The van der Waals surface area contributed by atoms with Crippen molar-refractivity contribution in [3.05, 3.63) is 53.6 Å². The lowest BCUT2D eigenvalue weighted by Crippen LogP contribution is -2.54. The molecule has 2 N–H and O–H groups in total. The van der Waals surface area contributed by atoms with Crippen LogP contribution in [0.4, 0.5) is 26.3 Å². The van der Waals surface area contributed by atoms with Crippen molar-refractivity contribution >= 4 is 17.8 Å². The molecule has 1 unspecified atom stereocenters. The molecule has 246 valence electrons. The van der Waals surface area contributed by atoms with Crippen LogP contribution in [0, 0.1) is 0 Å². The molecule has 44 heavy (non-hydrogen) atoms. The highest BCUT2D eigenvalue weighted by Gasteiger charge is 2.40. The summed E-state index contributed by atoms with van der Waals surface area (Å²) in [5.74, 6) is -5.28. The summed E-state index contributed by atoms with van der Waals surface area (Å²) in [6.07, 6.45) is -7.34. The number of fused-ring (bicyclic) bond motifs is 1. The molecule has 0 aliphatic carbocycles. The Morgan fingerprint density at radius 2 is 1.34 bits per heavy atom. The molecule has 2 aliphatic heterocycles. The van der Waals surface area contributed by atoms with Gasteiger partial charge in [0.1, 0.15) is 6.04 Å². The van der Waals surface area contributed by atoms with Gasteiger partial charge in [0.05, 0.1) is 17.7 Å². The van der Waals surface area contributed by atoms with E-state index in [2.05, 4.69) is 76.2 Å². The molecule has 3 heterocycles. The Bertz CT molecular complexity index is 1220. The Balaban J connectivity index is 0.000000402. The van der Waals surface area contributed by atoms with E-state index < -0.39 is 24.3 Å². The maximum Gasteiger partial charge on any atom is 0.490 e. The molecular weight excluding hydrogens is 600 g/mol. The lowest BCUT2D eigenvalue weighted by Gasteiger charge is -2.42. The topological polar surface area (TPSA) is 119 Å². The standard InChI is InChI=1S/C24H35N5O.2C2HF3O2/c1-18(2)26-12-14-27(15-13-26)24(30)23-22-21(25-17-29(22)19(3)4)10-11-28(23)16-20-8-6-5-7-9-20;2*3-2(4,5)1(6)7/h5-9,17-19,23H,10-16H2,1-4H3;2*(H,6,7). The first-order valence-electron chi connectivity index (χ1n) is 13.8. The van der Waals surface area contributed by atoms with Gasteiger partial charge < -0.3 is 19.7 Å². The zero-order valence-electron chi connectivity index (χ0n) is 24.8. The van der Waals surface area contributed by atoms with Gasteiger partial charge in [-0.2, -0.15) is 26.3 Å². The second-order valence-corrected chi connectivity index (χ2v) is 10.7. The Labute approximate surface area is 250 Å². The predicted molar refractivity (Wildman–Crippen MR) is 147 cm³/mol. The highest BCUT2D eigenvalue weighted by molar-refractivity contribution is 5.83. The van der Waals surface area contributed by atoms with E-state index in [0.717, 1.165) is 57.1 Å². The number of benzene rings is 1. The molecule has 1 aromatic carbocycles. The van der Waals surface area contributed by atoms with E-state index >= 15 is 0 Å². The van der Waals surface area contributed by atoms with Gasteiger partial charge in [0.2, 0.25) is 5.91 Å². The number of carboxylic acids is 2. The fourth-order valence-electron chi connectivity index (χ4n) is 4.76. The summed E-state index contributed by atoms with van der Waals surface area (Å²) in [7, 11) is 0. The van der Waals surface area contributed by atoms with Gasteiger partial charge >= 0.3 is 24.3 Å². The van der Waals surface area contributed by atoms with Crippen molar-refractivity contribution in [2.45, 2.75) is 71.1 Å². The van der Waals surface area contributed by atoms with Crippen LogP contribution in [0.1, 0.15) is 56.7 Å². The van der Waals surface area contributed by atoms with Gasteiger partial charge in [-0.1, -0.05) is 30.3 Å². The number of piperazine rings is 1. The Hall–Kier alpha value is -3.66. The summed E-state index contributed by atoms with van der Waals surface area (Å²) in [4.78, 5) is 43.3. The number of carbonyl (C=O) groups is 3. The average Bonchev–Trinajstić information content (AvgIpc) is 3.37. The van der Waals surface area contributed by atoms with Gasteiger partial charge in [-0.25, -0.2) is 14.6 Å². The number of carbonyl (C=O) groups excluding carboxylic acids is 1. The number of aromatic nitrogens is 2. The van der Waals surface area contributed by atoms with Gasteiger partial charge in [0.25, 0.3) is 0 Å². The van der Waals surface area contributed by atoms with Crippen LogP contribution in [0.2, 0.25) is 0 Å². The van der Waals surface area contributed by atoms with Gasteiger partial charge in [0.15, 0.2) is 0 Å². The van der Waals surface area contributed by atoms with E-state index in [1.54, 1.807) is 0 Å². The molecule has 1 saturated heterocycles. The van der Waals surface area contributed by atoms with Crippen molar-refractivity contribution in [1.29, 1.82) is 0 Å². The summed E-state index contributed by atoms with van der Waals surface area (Å²) in [5.41, 5.74) is 3.44. The minimum Gasteiger partial charge on any atom is -0.475 e. The predicted octanol–water partition coefficient (Wildman–Crippen LogP) is 4.38. The van der Waals surface area contributed by atoms with E-state index in [-0.39, 0.29) is 18.0 Å². The number of hydrogen-bond acceptors (Lipinski definition) is 6. The monoisotopic (exact) mass is 637 g/mol. The minimum atomic E-state index is -5.08. The van der Waals surface area contributed by atoms with Crippen molar-refractivity contribution in [3.8, 4) is 0 Å². The second-order valence-electron chi connectivity index (χ2n) is 10.7. The van der Waals surface area contributed by atoms with Gasteiger partial charge in [-0.15, -0.1) is 0 Å². The van der Waals surface area contributed by atoms with E-state index in [1.165, 1.54) is 5.56 Å². The quantitative estimate of drug-likeness (QED) is 0.464. The number of amides is 1. The van der Waals surface area contributed by atoms with Crippen LogP contribution in [0.5, 0.6) is 0 Å². The lowest BCUT2D eigenvalue weighted by molar-refractivity contribution is -0.193. The molecule has 1 aromatic heterocycles. The number of halogens is 6. The van der Waals surface area contributed by atoms with Crippen LogP contribution < -0.4 is 0 Å². The second kappa shape index (κ2) is 15.4. The fourth-order valence-corrected chi connectivity index (χ4v) is 4.76. The number of hydrogen-bond donors (Lipinski definition) is 2. The van der Waals surface area contributed by atoms with Crippen LogP contribution in [0.3, 0.4) is 0 Å². The molecule has 0 saturated carbocycles. The van der Waals surface area contributed by atoms with Gasteiger partial charge in [-0.05, 0) is 33.3 Å². The highest BCUT2D eigenvalue weighted by Crippen LogP contribution is 2.34. The van der Waals surface area contributed by atoms with E-state index in [4.69, 9.17) is 19.8 Å². The maximum absolute atomic E-state index is 13.9. The van der Waals surface area contributed by atoms with Crippen LogP contribution in [-0.2, 0) is 27.3 Å². The maximum atomic E-state index is 13.9. The fraction of sp³-hybridized carbons (Fsp3) is 0.571. The molecule has 0 radical (unpaired) electrons. The minimum absolute atomic E-state index is 0.234. The van der Waals surface area contributed by atoms with Crippen molar-refractivity contribution in [2.75, 3.05) is 32.7 Å². The Morgan fingerprint density at radius 1 is 0.841 bits per heavy atom. The van der Waals surface area contributed by atoms with Crippen molar-refractivity contribution < 1.29 is 50.9 Å². The lowest BCUT2D eigenvalue weighted by atomic mass is 9.99. The molecule has 1 atom stereocenters. The zero-order valence-corrected chi connectivity index (χ0v) is 24.8. The van der Waals surface area contributed by atoms with E-state index in [0.29, 0.717) is 6.04 Å². The third-order valence-corrected chi connectivity index (χ3v) is 7.03. The molecule has 16 heteroatoms. The summed E-state index contributed by atoms with van der Waals surface area (Å²) in [5, 5.41) is 14.2. The first-order valence-corrected chi connectivity index (χ1v) is 13.8. The highest BCUT2D eigenvalue weighted by atomic mass is 19.4. The van der Waals surface area contributed by atoms with Crippen LogP contribution in [0.15, 0.2) is 36.7 Å². The van der Waals surface area contributed by atoms with Crippen LogP contribution in [0.25, 0.3) is 0 Å². The van der Waals surface area contributed by atoms with Crippen molar-refractivity contribution in [3.63, 3.8) is 0 Å². The Morgan fingerprint density at radius 3 is 1.77 bits per heavy atom. The molecule has 2 aromatic rings. The molecule has 4 rings (SSSR count). The Kier molecular flexibility index (Phi) is 12.8. The van der Waals surface area contributed by atoms with Crippen molar-refractivity contribution in [1.82, 2.24) is 24.3 Å². The van der Waals surface area contributed by atoms with Gasteiger partial charge in [0, 0.05) is 57.8 Å². The summed E-state index contributed by atoms with van der Waals surface area (Å²) in [6.45, 7) is 13.9. The third-order valence-electron chi connectivity index (χ3n) is 7.03. The summed E-state index contributed by atoms with van der Waals surface area (Å²) in [6, 6.07) is 11.0. The largest absolute Gasteiger partial charge is 0.490 e. The summed E-state index contributed by atoms with van der Waals surface area (Å²) >= 11 is 0. The van der Waals surface area contributed by atoms with Crippen molar-refractivity contribution in [2.24, 2.45) is 0 Å². The molecule has 1 fully saturated rings. The first kappa shape index (κ1) is 36.5. The molecule has 1 amide bonds. The van der Waals surface area contributed by atoms with E-state index in [1.807, 2.05) is 12.4 Å². The number of nitrogens with zero attached hydrogens (tertiary/aromatic N) is 5. The molecule has 10 nitrogen and oxygen atoms in total. The summed E-state index contributed by atoms with van der Waals surface area (Å²) < 4.78 is 65.7. The molecule has 0 bridgehead atoms. The zero-order chi connectivity index (χ0) is 33.4. The molecule has 2 aliphatic rings. The van der Waals surface area contributed by atoms with Crippen LogP contribution >= 0.6 is 0 Å². The average molecular weight is 638 g/mol. The number of carboxylic acid groups (broad SMARTS) is 2. The first-order chi connectivity index (χ1) is 20.3. The smallest absolute Gasteiger partial charge is 0.475 e. The number of aliphatic carboxylic acids is 2. The number of imidazole rings is 1. The number of alkyl halides is 6. The SMILES string of the molecule is CC(C)N1CCN(C(=O)C2c3c(ncn3C(C)C)CCN2Cc2ccccc2)CC1.O=C(O)C(F)(F)F.O=C(O)C(F)(F)F. The molecule has 0 spiro atoms. The van der Waals surface area contributed by atoms with Gasteiger partial charge in [-0.3, -0.25) is 14.6 Å². The third kappa shape index (κ3) is 10.2. The van der Waals surface area contributed by atoms with Crippen LogP contribution in [-0.4, -0.2) is 103 Å². The number of rotatable bonds is 5.